The molecular weight excluding hydrogens is 422 g/mol. The Labute approximate surface area is 178 Å². The number of fused-ring (bicyclic) bond motifs is 1. The molecule has 0 spiro atoms. The van der Waals surface area contributed by atoms with Crippen LogP contribution in [0.5, 0.6) is 0 Å². The van der Waals surface area contributed by atoms with Crippen molar-refractivity contribution in [1.29, 1.82) is 0 Å². The average molecular weight is 446 g/mol. The van der Waals surface area contributed by atoms with Crippen LogP contribution in [0.1, 0.15) is 22.4 Å². The molecule has 0 aliphatic carbocycles. The highest BCUT2D eigenvalue weighted by Crippen LogP contribution is 2.25. The normalized spacial score (nSPS) is 18.0. The third-order valence-corrected chi connectivity index (χ3v) is 8.49. The highest BCUT2D eigenvalue weighted by molar-refractivity contribution is 7.91. The van der Waals surface area contributed by atoms with Crippen molar-refractivity contribution in [2.45, 2.75) is 39.4 Å². The summed E-state index contributed by atoms with van der Waals surface area (Å²) in [5, 5.41) is 0.547. The molecule has 158 valence electrons. The number of hydrogen-bond donors (Lipinski definition) is 0. The molecule has 1 atom stereocenters. The first-order valence-corrected chi connectivity index (χ1v) is 12.4. The molecule has 30 heavy (non-hydrogen) atoms. The minimum absolute atomic E-state index is 0.0411. The Morgan fingerprint density at radius 1 is 1.27 bits per heavy atom. The maximum Gasteiger partial charge on any atom is 0.262 e. The largest absolute Gasteiger partial charge is 0.333 e. The first-order valence-electron chi connectivity index (χ1n) is 9.74. The Morgan fingerprint density at radius 2 is 2.00 bits per heavy atom. The summed E-state index contributed by atoms with van der Waals surface area (Å²) in [6, 6.07) is 9.07. The number of rotatable bonds is 5. The predicted octanol–water partition coefficient (Wildman–Crippen LogP) is 2.29. The number of carbonyl (C=O) groups is 1. The lowest BCUT2D eigenvalue weighted by Gasteiger charge is -2.28. The zero-order valence-corrected chi connectivity index (χ0v) is 18.5. The van der Waals surface area contributed by atoms with Gasteiger partial charge in [-0.05, 0) is 31.4 Å². The fourth-order valence-corrected chi connectivity index (χ4v) is 6.56. The summed E-state index contributed by atoms with van der Waals surface area (Å²) >= 11 is 1.46. The van der Waals surface area contributed by atoms with Crippen molar-refractivity contribution in [3.8, 4) is 0 Å². The Balaban J connectivity index is 1.65. The van der Waals surface area contributed by atoms with Crippen molar-refractivity contribution in [2.75, 3.05) is 11.5 Å². The molecule has 0 saturated carbocycles. The molecule has 7 nitrogen and oxygen atoms in total. The van der Waals surface area contributed by atoms with E-state index in [0.717, 1.165) is 16.0 Å². The Kier molecular flexibility index (Phi) is 5.50. The van der Waals surface area contributed by atoms with Crippen molar-refractivity contribution in [3.63, 3.8) is 0 Å². The summed E-state index contributed by atoms with van der Waals surface area (Å²) in [4.78, 5) is 33.9. The second kappa shape index (κ2) is 7.96. The molecule has 1 aromatic carbocycles. The molecule has 1 aliphatic heterocycles. The van der Waals surface area contributed by atoms with Crippen LogP contribution in [0.4, 0.5) is 0 Å². The van der Waals surface area contributed by atoms with Gasteiger partial charge in [-0.15, -0.1) is 11.3 Å². The molecule has 0 N–H and O–H groups in total. The third-order valence-electron chi connectivity index (χ3n) is 5.63. The average Bonchev–Trinajstić information content (AvgIpc) is 3.21. The SMILES string of the molecule is Cc1sc2ncn(CC(=O)N(Cc3ccccc3)C3CCS(=O)(=O)C3)c(=O)c2c1C. The molecule has 1 unspecified atom stereocenters. The van der Waals surface area contributed by atoms with E-state index in [1.807, 2.05) is 44.2 Å². The van der Waals surface area contributed by atoms with E-state index in [-0.39, 0.29) is 35.6 Å². The van der Waals surface area contributed by atoms with Crippen LogP contribution < -0.4 is 5.56 Å². The summed E-state index contributed by atoms with van der Waals surface area (Å²) in [6.07, 6.45) is 1.82. The highest BCUT2D eigenvalue weighted by atomic mass is 32.2. The number of nitrogens with zero attached hydrogens (tertiary/aromatic N) is 3. The van der Waals surface area contributed by atoms with Crippen LogP contribution >= 0.6 is 11.3 Å². The lowest BCUT2D eigenvalue weighted by Crippen LogP contribution is -2.43. The van der Waals surface area contributed by atoms with Crippen molar-refractivity contribution in [1.82, 2.24) is 14.5 Å². The van der Waals surface area contributed by atoms with E-state index in [1.54, 1.807) is 4.90 Å². The van der Waals surface area contributed by atoms with Crippen LogP contribution in [0.25, 0.3) is 10.2 Å². The van der Waals surface area contributed by atoms with Crippen LogP contribution in [0.2, 0.25) is 0 Å². The van der Waals surface area contributed by atoms with Gasteiger partial charge in [-0.3, -0.25) is 14.2 Å². The van der Waals surface area contributed by atoms with Gasteiger partial charge in [0.25, 0.3) is 5.56 Å². The lowest BCUT2D eigenvalue weighted by atomic mass is 10.1. The van der Waals surface area contributed by atoms with E-state index >= 15 is 0 Å². The van der Waals surface area contributed by atoms with Gasteiger partial charge >= 0.3 is 0 Å². The maximum absolute atomic E-state index is 13.2. The molecule has 2 aromatic heterocycles. The topological polar surface area (TPSA) is 89.3 Å². The minimum Gasteiger partial charge on any atom is -0.333 e. The lowest BCUT2D eigenvalue weighted by molar-refractivity contribution is -0.134. The minimum atomic E-state index is -3.15. The van der Waals surface area contributed by atoms with E-state index in [1.165, 1.54) is 22.2 Å². The molecule has 1 aliphatic rings. The number of carbonyl (C=O) groups excluding carboxylic acids is 1. The summed E-state index contributed by atoms with van der Waals surface area (Å²) in [6.45, 7) is 3.97. The second-order valence-corrected chi connectivity index (χ2v) is 11.1. The fourth-order valence-electron chi connectivity index (χ4n) is 3.84. The first-order chi connectivity index (χ1) is 14.2. The molecule has 3 aromatic rings. The van der Waals surface area contributed by atoms with E-state index < -0.39 is 9.84 Å². The van der Waals surface area contributed by atoms with Gasteiger partial charge in [0.2, 0.25) is 5.91 Å². The third kappa shape index (κ3) is 4.04. The number of aromatic nitrogens is 2. The van der Waals surface area contributed by atoms with E-state index in [4.69, 9.17) is 0 Å². The van der Waals surface area contributed by atoms with Crippen LogP contribution in [0.3, 0.4) is 0 Å². The molecule has 1 fully saturated rings. The monoisotopic (exact) mass is 445 g/mol. The van der Waals surface area contributed by atoms with Gasteiger partial charge in [-0.1, -0.05) is 30.3 Å². The molecule has 1 amide bonds. The van der Waals surface area contributed by atoms with Crippen LogP contribution in [-0.2, 0) is 27.7 Å². The number of benzene rings is 1. The van der Waals surface area contributed by atoms with Gasteiger partial charge in [-0.25, -0.2) is 13.4 Å². The van der Waals surface area contributed by atoms with Gasteiger partial charge in [-0.2, -0.15) is 0 Å². The molecule has 3 heterocycles. The number of sulfone groups is 1. The number of aryl methyl sites for hydroxylation is 2. The van der Waals surface area contributed by atoms with Crippen molar-refractivity contribution < 1.29 is 13.2 Å². The zero-order chi connectivity index (χ0) is 21.5. The van der Waals surface area contributed by atoms with Crippen LogP contribution in [0, 0.1) is 13.8 Å². The van der Waals surface area contributed by atoms with Crippen molar-refractivity contribution in [3.05, 3.63) is 63.0 Å². The van der Waals surface area contributed by atoms with Crippen LogP contribution in [0.15, 0.2) is 41.5 Å². The zero-order valence-electron chi connectivity index (χ0n) is 16.9. The number of hydrogen-bond acceptors (Lipinski definition) is 6. The maximum atomic E-state index is 13.2. The quantitative estimate of drug-likeness (QED) is 0.601. The van der Waals surface area contributed by atoms with Gasteiger partial charge in [0.1, 0.15) is 11.4 Å². The van der Waals surface area contributed by atoms with Gasteiger partial charge in [0, 0.05) is 17.5 Å². The Morgan fingerprint density at radius 3 is 2.67 bits per heavy atom. The second-order valence-electron chi connectivity index (χ2n) is 7.71. The molecule has 9 heteroatoms. The van der Waals surface area contributed by atoms with Gasteiger partial charge < -0.3 is 4.90 Å². The highest BCUT2D eigenvalue weighted by Gasteiger charge is 2.34. The van der Waals surface area contributed by atoms with Gasteiger partial charge in [0.05, 0.1) is 23.2 Å². The van der Waals surface area contributed by atoms with E-state index in [9.17, 15) is 18.0 Å². The Hall–Kier alpha value is -2.52. The predicted molar refractivity (Wildman–Crippen MR) is 117 cm³/mol. The van der Waals surface area contributed by atoms with E-state index in [2.05, 4.69) is 4.98 Å². The molecule has 1 saturated heterocycles. The molecular formula is C21H23N3O4S2. The standard InChI is InChI=1S/C21H23N3O4S2/c1-14-15(2)29-20-19(14)21(26)23(13-22-20)11-18(25)24(10-16-6-4-3-5-7-16)17-8-9-30(27,28)12-17/h3-7,13,17H,8-12H2,1-2H3. The molecule has 4 rings (SSSR count). The molecule has 0 radical (unpaired) electrons. The fraction of sp³-hybridized carbons (Fsp3) is 0.381. The summed E-state index contributed by atoms with van der Waals surface area (Å²) in [5.41, 5.74) is 1.56. The van der Waals surface area contributed by atoms with E-state index in [0.29, 0.717) is 23.2 Å². The van der Waals surface area contributed by atoms with Crippen molar-refractivity contribution >= 4 is 37.3 Å². The number of amides is 1. The number of thiophene rings is 1. The summed E-state index contributed by atoms with van der Waals surface area (Å²) in [7, 11) is -3.15. The van der Waals surface area contributed by atoms with Crippen molar-refractivity contribution in [2.24, 2.45) is 0 Å². The Bertz CT molecular complexity index is 1260. The smallest absolute Gasteiger partial charge is 0.262 e. The van der Waals surface area contributed by atoms with Crippen LogP contribution in [-0.4, -0.2) is 46.3 Å². The van der Waals surface area contributed by atoms with Gasteiger partial charge in [0.15, 0.2) is 9.84 Å². The summed E-state index contributed by atoms with van der Waals surface area (Å²) < 4.78 is 25.4. The summed E-state index contributed by atoms with van der Waals surface area (Å²) in [5.74, 6) is -0.244. The first kappa shape index (κ1) is 20.7. The molecule has 0 bridgehead atoms.